The van der Waals surface area contributed by atoms with Crippen molar-refractivity contribution in [3.05, 3.63) is 17.7 Å². The first kappa shape index (κ1) is 15.9. The number of fused-ring (bicyclic) bond motifs is 1. The number of phenols is 1. The Morgan fingerprint density at radius 1 is 1.14 bits per heavy atom. The molecule has 1 heterocycles. The van der Waals surface area contributed by atoms with Gasteiger partial charge in [0.15, 0.2) is 11.5 Å². The van der Waals surface area contributed by atoms with Gasteiger partial charge in [0.25, 0.3) is 0 Å². The number of hydrogen-bond acceptors (Lipinski definition) is 5. The van der Waals surface area contributed by atoms with Crippen LogP contribution in [-0.4, -0.2) is 42.0 Å². The molecule has 0 saturated carbocycles. The van der Waals surface area contributed by atoms with Gasteiger partial charge >= 0.3 is 0 Å². The molecule has 21 heavy (non-hydrogen) atoms. The van der Waals surface area contributed by atoms with E-state index in [9.17, 15) is 5.11 Å². The fraction of sp³-hybridized carbons (Fsp3) is 0.625. The first-order chi connectivity index (χ1) is 9.99. The number of phenolic OH excluding ortho intramolecular Hbond substituents is 1. The molecule has 5 nitrogen and oxygen atoms in total. The van der Waals surface area contributed by atoms with E-state index in [0.717, 1.165) is 18.7 Å². The third-order valence-corrected chi connectivity index (χ3v) is 3.76. The van der Waals surface area contributed by atoms with E-state index in [4.69, 9.17) is 9.47 Å². The van der Waals surface area contributed by atoms with Gasteiger partial charge in [-0.25, -0.2) is 0 Å². The molecule has 1 aliphatic rings. The Labute approximate surface area is 126 Å². The zero-order valence-corrected chi connectivity index (χ0v) is 13.3. The molecule has 118 valence electrons. The van der Waals surface area contributed by atoms with Crippen molar-refractivity contribution in [3.63, 3.8) is 0 Å². The van der Waals surface area contributed by atoms with Crippen LogP contribution in [0.5, 0.6) is 17.2 Å². The normalized spacial score (nSPS) is 13.7. The van der Waals surface area contributed by atoms with Gasteiger partial charge in [0.1, 0.15) is 5.75 Å². The van der Waals surface area contributed by atoms with Gasteiger partial charge in [0.2, 0.25) is 6.79 Å². The van der Waals surface area contributed by atoms with E-state index in [2.05, 4.69) is 37.9 Å². The molecular formula is C16H26N2O3. The second-order valence-electron chi connectivity index (χ2n) is 5.94. The summed E-state index contributed by atoms with van der Waals surface area (Å²) in [7, 11) is 0. The Balaban J connectivity index is 1.84. The van der Waals surface area contributed by atoms with Crippen LogP contribution in [0.4, 0.5) is 0 Å². The molecule has 1 aromatic rings. The fourth-order valence-corrected chi connectivity index (χ4v) is 2.66. The minimum Gasteiger partial charge on any atom is -0.507 e. The van der Waals surface area contributed by atoms with E-state index < -0.39 is 0 Å². The third kappa shape index (κ3) is 4.02. The summed E-state index contributed by atoms with van der Waals surface area (Å²) in [4.78, 5) is 2.44. The van der Waals surface area contributed by atoms with Crippen molar-refractivity contribution in [2.75, 3.05) is 19.9 Å². The lowest BCUT2D eigenvalue weighted by atomic mass is 10.1. The van der Waals surface area contributed by atoms with Crippen LogP contribution in [0.3, 0.4) is 0 Å². The maximum absolute atomic E-state index is 9.97. The molecule has 0 saturated heterocycles. The van der Waals surface area contributed by atoms with Crippen LogP contribution in [0.2, 0.25) is 0 Å². The van der Waals surface area contributed by atoms with Crippen LogP contribution < -0.4 is 14.8 Å². The minimum absolute atomic E-state index is 0.226. The smallest absolute Gasteiger partial charge is 0.231 e. The SMILES string of the molecule is CC(C)N(CCNCc1cc2c(cc1O)OCO2)C(C)C. The number of benzene rings is 1. The van der Waals surface area contributed by atoms with Crippen molar-refractivity contribution in [2.45, 2.75) is 46.3 Å². The summed E-state index contributed by atoms with van der Waals surface area (Å²) >= 11 is 0. The van der Waals surface area contributed by atoms with Crippen molar-refractivity contribution in [2.24, 2.45) is 0 Å². The summed E-state index contributed by atoms with van der Waals surface area (Å²) in [5, 5.41) is 13.3. The van der Waals surface area contributed by atoms with Gasteiger partial charge < -0.3 is 19.9 Å². The van der Waals surface area contributed by atoms with E-state index in [1.165, 1.54) is 0 Å². The molecule has 0 bridgehead atoms. The Morgan fingerprint density at radius 3 is 2.38 bits per heavy atom. The van der Waals surface area contributed by atoms with Crippen LogP contribution in [0.25, 0.3) is 0 Å². The fourth-order valence-electron chi connectivity index (χ4n) is 2.66. The number of ether oxygens (including phenoxy) is 2. The molecule has 1 aliphatic heterocycles. The second kappa shape index (κ2) is 7.00. The molecule has 0 radical (unpaired) electrons. The molecule has 0 spiro atoms. The standard InChI is InChI=1S/C16H26N2O3/c1-11(2)18(12(3)4)6-5-17-9-13-7-15-16(8-14(13)19)21-10-20-15/h7-8,11-12,17,19H,5-6,9-10H2,1-4H3. The first-order valence-corrected chi connectivity index (χ1v) is 7.57. The number of rotatable bonds is 7. The number of aromatic hydroxyl groups is 1. The van der Waals surface area contributed by atoms with Crippen LogP contribution in [0, 0.1) is 0 Å². The van der Waals surface area contributed by atoms with E-state index >= 15 is 0 Å². The van der Waals surface area contributed by atoms with Crippen molar-refractivity contribution in [1.82, 2.24) is 10.2 Å². The molecule has 0 atom stereocenters. The molecule has 2 N–H and O–H groups in total. The lowest BCUT2D eigenvalue weighted by Crippen LogP contribution is -2.41. The Morgan fingerprint density at radius 2 is 1.76 bits per heavy atom. The summed E-state index contributed by atoms with van der Waals surface area (Å²) in [6, 6.07) is 4.53. The Bertz CT molecular complexity index is 467. The van der Waals surface area contributed by atoms with Crippen LogP contribution in [0.1, 0.15) is 33.3 Å². The van der Waals surface area contributed by atoms with E-state index in [0.29, 0.717) is 30.1 Å². The van der Waals surface area contributed by atoms with Gasteiger partial charge in [-0.1, -0.05) is 0 Å². The molecule has 0 fully saturated rings. The van der Waals surface area contributed by atoms with Crippen LogP contribution in [-0.2, 0) is 6.54 Å². The maximum Gasteiger partial charge on any atom is 0.231 e. The van der Waals surface area contributed by atoms with Crippen molar-refractivity contribution >= 4 is 0 Å². The van der Waals surface area contributed by atoms with Gasteiger partial charge in [-0.2, -0.15) is 0 Å². The van der Waals surface area contributed by atoms with Gasteiger partial charge in [-0.15, -0.1) is 0 Å². The zero-order valence-electron chi connectivity index (χ0n) is 13.3. The van der Waals surface area contributed by atoms with E-state index in [-0.39, 0.29) is 12.5 Å². The van der Waals surface area contributed by atoms with E-state index in [1.54, 1.807) is 6.07 Å². The summed E-state index contributed by atoms with van der Waals surface area (Å²) in [5.41, 5.74) is 0.833. The second-order valence-corrected chi connectivity index (χ2v) is 5.94. The first-order valence-electron chi connectivity index (χ1n) is 7.57. The minimum atomic E-state index is 0.226. The largest absolute Gasteiger partial charge is 0.507 e. The van der Waals surface area contributed by atoms with Gasteiger partial charge in [-0.3, -0.25) is 4.90 Å². The highest BCUT2D eigenvalue weighted by molar-refractivity contribution is 5.51. The van der Waals surface area contributed by atoms with Gasteiger partial charge in [-0.05, 0) is 33.8 Å². The summed E-state index contributed by atoms with van der Waals surface area (Å²) in [6.07, 6.45) is 0. The molecule has 5 heteroatoms. The Hall–Kier alpha value is -1.46. The summed E-state index contributed by atoms with van der Waals surface area (Å²) in [5.74, 6) is 1.56. The topological polar surface area (TPSA) is 54.0 Å². The number of nitrogens with zero attached hydrogens (tertiary/aromatic N) is 1. The lowest BCUT2D eigenvalue weighted by molar-refractivity contribution is 0.174. The molecule has 1 aromatic carbocycles. The average molecular weight is 294 g/mol. The Kier molecular flexibility index (Phi) is 5.31. The predicted molar refractivity (Wildman–Crippen MR) is 82.9 cm³/mol. The third-order valence-electron chi connectivity index (χ3n) is 3.76. The molecule has 0 amide bonds. The highest BCUT2D eigenvalue weighted by atomic mass is 16.7. The molecule has 0 unspecified atom stereocenters. The van der Waals surface area contributed by atoms with Gasteiger partial charge in [0.05, 0.1) is 0 Å². The molecule has 0 aliphatic carbocycles. The highest BCUT2D eigenvalue weighted by Crippen LogP contribution is 2.37. The quantitative estimate of drug-likeness (QED) is 0.756. The molecule has 2 rings (SSSR count). The van der Waals surface area contributed by atoms with Crippen molar-refractivity contribution < 1.29 is 14.6 Å². The number of nitrogens with one attached hydrogen (secondary N) is 1. The van der Waals surface area contributed by atoms with Crippen LogP contribution in [0.15, 0.2) is 12.1 Å². The van der Waals surface area contributed by atoms with Gasteiger partial charge in [0, 0.05) is 43.3 Å². The van der Waals surface area contributed by atoms with Crippen LogP contribution >= 0.6 is 0 Å². The van der Waals surface area contributed by atoms with Crippen molar-refractivity contribution in [1.29, 1.82) is 0 Å². The summed E-state index contributed by atoms with van der Waals surface area (Å²) < 4.78 is 10.6. The molecule has 0 aromatic heterocycles. The molecular weight excluding hydrogens is 268 g/mol. The highest BCUT2D eigenvalue weighted by Gasteiger charge is 2.17. The number of hydrogen-bond donors (Lipinski definition) is 2. The lowest BCUT2D eigenvalue weighted by Gasteiger charge is -2.30. The monoisotopic (exact) mass is 294 g/mol. The van der Waals surface area contributed by atoms with Crippen molar-refractivity contribution in [3.8, 4) is 17.2 Å². The predicted octanol–water partition coefficient (Wildman–Crippen LogP) is 2.33. The average Bonchev–Trinajstić information content (AvgIpc) is 2.84. The zero-order chi connectivity index (χ0) is 15.4. The summed E-state index contributed by atoms with van der Waals surface area (Å²) in [6.45, 7) is 11.6. The maximum atomic E-state index is 9.97. The van der Waals surface area contributed by atoms with E-state index in [1.807, 2.05) is 6.07 Å².